The van der Waals surface area contributed by atoms with E-state index < -0.39 is 0 Å². The van der Waals surface area contributed by atoms with Crippen molar-refractivity contribution in [2.24, 2.45) is 10.3 Å². The van der Waals surface area contributed by atoms with Gasteiger partial charge in [0.25, 0.3) is 5.91 Å². The second-order valence-corrected chi connectivity index (χ2v) is 4.82. The van der Waals surface area contributed by atoms with E-state index in [9.17, 15) is 4.79 Å². The van der Waals surface area contributed by atoms with Gasteiger partial charge in [0.1, 0.15) is 5.71 Å². The number of carbonyl (C=O) groups excluding carboxylic acids is 1. The topological polar surface area (TPSA) is 86.9 Å². The summed E-state index contributed by atoms with van der Waals surface area (Å²) in [6.45, 7) is 0. The molecular weight excluding hydrogens is 336 g/mol. The summed E-state index contributed by atoms with van der Waals surface area (Å²) in [5.41, 5.74) is 3.56. The van der Waals surface area contributed by atoms with Gasteiger partial charge in [0, 0.05) is 16.2 Å². The summed E-state index contributed by atoms with van der Waals surface area (Å²) >= 11 is 3.29. The Labute approximate surface area is 129 Å². The van der Waals surface area contributed by atoms with Gasteiger partial charge in [-0.2, -0.15) is 5.10 Å². The van der Waals surface area contributed by atoms with Gasteiger partial charge in [-0.05, 0) is 30.3 Å². The summed E-state index contributed by atoms with van der Waals surface area (Å²) in [5, 5.41) is 15.5. The van der Waals surface area contributed by atoms with E-state index in [4.69, 9.17) is 5.21 Å². The molecule has 21 heavy (non-hydrogen) atoms. The van der Waals surface area contributed by atoms with Gasteiger partial charge < -0.3 is 5.21 Å². The minimum Gasteiger partial charge on any atom is -0.411 e. The van der Waals surface area contributed by atoms with Gasteiger partial charge >= 0.3 is 0 Å². The van der Waals surface area contributed by atoms with Gasteiger partial charge in [0.05, 0.1) is 11.9 Å². The lowest BCUT2D eigenvalue weighted by molar-refractivity contribution is 0.0955. The van der Waals surface area contributed by atoms with Crippen LogP contribution in [0.15, 0.2) is 63.4 Å². The van der Waals surface area contributed by atoms with Crippen LogP contribution in [-0.2, 0) is 0 Å². The number of amides is 1. The molecule has 0 bridgehead atoms. The van der Waals surface area contributed by atoms with Crippen molar-refractivity contribution in [2.75, 3.05) is 0 Å². The molecule has 7 heteroatoms. The van der Waals surface area contributed by atoms with Crippen LogP contribution >= 0.6 is 15.9 Å². The van der Waals surface area contributed by atoms with Crippen molar-refractivity contribution in [1.29, 1.82) is 0 Å². The third-order valence-corrected chi connectivity index (χ3v) is 2.97. The predicted molar refractivity (Wildman–Crippen MR) is 82.7 cm³/mol. The highest BCUT2D eigenvalue weighted by Crippen LogP contribution is 2.11. The molecule has 0 saturated carbocycles. The molecule has 0 spiro atoms. The molecule has 0 aliphatic heterocycles. The molecule has 2 aromatic rings. The molecule has 0 atom stereocenters. The van der Waals surface area contributed by atoms with Crippen molar-refractivity contribution in [1.82, 2.24) is 10.4 Å². The van der Waals surface area contributed by atoms with Crippen LogP contribution in [0, 0.1) is 0 Å². The predicted octanol–water partition coefficient (Wildman–Crippen LogP) is 2.44. The van der Waals surface area contributed by atoms with Gasteiger partial charge in [-0.3, -0.25) is 9.78 Å². The van der Waals surface area contributed by atoms with Crippen LogP contribution in [0.5, 0.6) is 0 Å². The maximum absolute atomic E-state index is 12.0. The number of hydrazone groups is 1. The number of pyridine rings is 1. The Morgan fingerprint density at radius 3 is 2.81 bits per heavy atom. The standard InChI is InChI=1S/C14H11BrN4O2/c15-11-5-3-4-10(8-11)14(20)19-18-13(9-17-21)12-6-1-2-7-16-12/h1-9,21H,(H,19,20). The molecule has 2 rings (SSSR count). The van der Waals surface area contributed by atoms with Crippen molar-refractivity contribution in [3.63, 3.8) is 0 Å². The Morgan fingerprint density at radius 1 is 1.29 bits per heavy atom. The Hall–Kier alpha value is -2.54. The highest BCUT2D eigenvalue weighted by Gasteiger charge is 2.07. The molecule has 0 aliphatic rings. The van der Waals surface area contributed by atoms with Crippen LogP contribution in [0.25, 0.3) is 0 Å². The fraction of sp³-hybridized carbons (Fsp3) is 0. The van der Waals surface area contributed by atoms with Crippen molar-refractivity contribution in [3.8, 4) is 0 Å². The summed E-state index contributed by atoms with van der Waals surface area (Å²) < 4.78 is 0.793. The lowest BCUT2D eigenvalue weighted by Crippen LogP contribution is -2.21. The Balaban J connectivity index is 2.19. The summed E-state index contributed by atoms with van der Waals surface area (Å²) in [4.78, 5) is 16.0. The minimum atomic E-state index is -0.379. The van der Waals surface area contributed by atoms with E-state index in [1.165, 1.54) is 0 Å². The van der Waals surface area contributed by atoms with Crippen LogP contribution in [-0.4, -0.2) is 28.0 Å². The van der Waals surface area contributed by atoms with Gasteiger partial charge in [-0.1, -0.05) is 33.2 Å². The molecule has 106 valence electrons. The third-order valence-electron chi connectivity index (χ3n) is 2.47. The number of halogens is 1. The average Bonchev–Trinajstić information content (AvgIpc) is 2.52. The number of rotatable bonds is 4. The van der Waals surface area contributed by atoms with Crippen molar-refractivity contribution < 1.29 is 10.0 Å². The quantitative estimate of drug-likeness (QED) is 0.506. The van der Waals surface area contributed by atoms with E-state index in [-0.39, 0.29) is 11.6 Å². The second kappa shape index (κ2) is 7.30. The Bertz CT molecular complexity index is 686. The first-order valence-corrected chi connectivity index (χ1v) is 6.72. The molecule has 2 N–H and O–H groups in total. The minimum absolute atomic E-state index is 0.237. The summed E-state index contributed by atoms with van der Waals surface area (Å²) in [6, 6.07) is 12.1. The van der Waals surface area contributed by atoms with Crippen LogP contribution in [0.3, 0.4) is 0 Å². The monoisotopic (exact) mass is 346 g/mol. The average molecular weight is 347 g/mol. The maximum atomic E-state index is 12.0. The first-order valence-electron chi connectivity index (χ1n) is 5.93. The zero-order valence-electron chi connectivity index (χ0n) is 10.8. The molecular formula is C14H11BrN4O2. The molecule has 0 radical (unpaired) electrons. The summed E-state index contributed by atoms with van der Waals surface area (Å²) in [5.74, 6) is -0.379. The Kier molecular flexibility index (Phi) is 5.16. The van der Waals surface area contributed by atoms with Gasteiger partial charge in [0.15, 0.2) is 0 Å². The van der Waals surface area contributed by atoms with Gasteiger partial charge in [-0.25, -0.2) is 5.43 Å². The van der Waals surface area contributed by atoms with Crippen molar-refractivity contribution in [2.45, 2.75) is 0 Å². The van der Waals surface area contributed by atoms with Crippen LogP contribution in [0.1, 0.15) is 16.1 Å². The Morgan fingerprint density at radius 2 is 2.14 bits per heavy atom. The number of carbonyl (C=O) groups is 1. The maximum Gasteiger partial charge on any atom is 0.271 e. The van der Waals surface area contributed by atoms with Crippen LogP contribution in [0.4, 0.5) is 0 Å². The number of nitrogens with one attached hydrogen (secondary N) is 1. The lowest BCUT2D eigenvalue weighted by Gasteiger charge is -2.03. The van der Waals surface area contributed by atoms with Crippen LogP contribution < -0.4 is 5.43 Å². The SMILES string of the molecule is O=C(NN=C(C=NO)c1ccccn1)c1cccc(Br)c1. The number of benzene rings is 1. The molecule has 0 fully saturated rings. The molecule has 0 saturated heterocycles. The van der Waals surface area contributed by atoms with E-state index >= 15 is 0 Å². The fourth-order valence-corrected chi connectivity index (χ4v) is 1.93. The number of hydrogen-bond acceptors (Lipinski definition) is 5. The van der Waals surface area contributed by atoms with Crippen molar-refractivity contribution in [3.05, 3.63) is 64.4 Å². The first kappa shape index (κ1) is 14.9. The molecule has 6 nitrogen and oxygen atoms in total. The molecule has 1 heterocycles. The fourth-order valence-electron chi connectivity index (χ4n) is 1.53. The number of nitrogens with zero attached hydrogens (tertiary/aromatic N) is 3. The van der Waals surface area contributed by atoms with Crippen LogP contribution in [0.2, 0.25) is 0 Å². The van der Waals surface area contributed by atoms with E-state index in [2.05, 4.69) is 36.6 Å². The smallest absolute Gasteiger partial charge is 0.271 e. The van der Waals surface area contributed by atoms with E-state index in [1.54, 1.807) is 42.6 Å². The molecule has 1 amide bonds. The summed E-state index contributed by atoms with van der Waals surface area (Å²) in [7, 11) is 0. The summed E-state index contributed by atoms with van der Waals surface area (Å²) in [6.07, 6.45) is 2.68. The van der Waals surface area contributed by atoms with E-state index in [1.807, 2.05) is 6.07 Å². The molecule has 1 aromatic carbocycles. The lowest BCUT2D eigenvalue weighted by atomic mass is 10.2. The van der Waals surface area contributed by atoms with Crippen molar-refractivity contribution >= 4 is 33.8 Å². The molecule has 0 unspecified atom stereocenters. The van der Waals surface area contributed by atoms with Gasteiger partial charge in [-0.15, -0.1) is 0 Å². The zero-order chi connectivity index (χ0) is 15.1. The number of aromatic nitrogens is 1. The molecule has 0 aliphatic carbocycles. The highest BCUT2D eigenvalue weighted by atomic mass is 79.9. The first-order chi connectivity index (χ1) is 10.2. The van der Waals surface area contributed by atoms with E-state index in [0.717, 1.165) is 10.7 Å². The number of oxime groups is 1. The largest absolute Gasteiger partial charge is 0.411 e. The zero-order valence-corrected chi connectivity index (χ0v) is 12.4. The van der Waals surface area contributed by atoms with E-state index in [0.29, 0.717) is 11.3 Å². The normalized spacial score (nSPS) is 11.6. The molecule has 1 aromatic heterocycles. The number of hydrogen-bond donors (Lipinski definition) is 2. The second-order valence-electron chi connectivity index (χ2n) is 3.91. The third kappa shape index (κ3) is 4.22. The highest BCUT2D eigenvalue weighted by molar-refractivity contribution is 9.10. The van der Waals surface area contributed by atoms with Gasteiger partial charge in [0.2, 0.25) is 0 Å².